The molecule has 1 aromatic rings. The van der Waals surface area contributed by atoms with Crippen molar-refractivity contribution in [2.24, 2.45) is 5.41 Å². The van der Waals surface area contributed by atoms with Crippen LogP contribution in [0.25, 0.3) is 0 Å². The third-order valence-electron chi connectivity index (χ3n) is 4.12. The second kappa shape index (κ2) is 6.49. The van der Waals surface area contributed by atoms with Gasteiger partial charge in [0.2, 0.25) is 0 Å². The van der Waals surface area contributed by atoms with Crippen LogP contribution in [-0.4, -0.2) is 23.9 Å². The number of amides is 1. The Hall–Kier alpha value is -1.22. The van der Waals surface area contributed by atoms with Crippen LogP contribution in [0.4, 0.5) is 5.69 Å². The summed E-state index contributed by atoms with van der Waals surface area (Å²) < 4.78 is 0. The smallest absolute Gasteiger partial charge is 0.254 e. The molecular formula is C16H25ClN2O. The van der Waals surface area contributed by atoms with Crippen molar-refractivity contribution in [3.8, 4) is 0 Å². The lowest BCUT2D eigenvalue weighted by Gasteiger charge is -2.24. The zero-order valence-corrected chi connectivity index (χ0v) is 13.4. The molecule has 1 amide bonds. The normalized spacial score (nSPS) is 18.1. The third-order valence-corrected chi connectivity index (χ3v) is 4.12. The van der Waals surface area contributed by atoms with E-state index in [0.29, 0.717) is 11.1 Å². The monoisotopic (exact) mass is 296 g/mol. The van der Waals surface area contributed by atoms with Crippen molar-refractivity contribution < 1.29 is 4.79 Å². The molecule has 20 heavy (non-hydrogen) atoms. The number of benzene rings is 1. The van der Waals surface area contributed by atoms with Crippen LogP contribution in [0, 0.1) is 12.3 Å². The number of carbonyl (C=O) groups excluding carboxylic acids is 1. The van der Waals surface area contributed by atoms with E-state index in [1.807, 2.05) is 24.0 Å². The topological polar surface area (TPSA) is 46.3 Å². The van der Waals surface area contributed by atoms with Gasteiger partial charge in [-0.3, -0.25) is 4.79 Å². The quantitative estimate of drug-likeness (QED) is 0.804. The standard InChI is InChI=1S/C16H24N2O.ClH/c1-12-5-6-13(17)11-14(12)15(19)18-9-4-7-16(2,3)8-10-18;/h5-6,11H,4,7-10,17H2,1-3H3;1H. The average molecular weight is 297 g/mol. The van der Waals surface area contributed by atoms with Gasteiger partial charge in [-0.25, -0.2) is 0 Å². The van der Waals surface area contributed by atoms with Crippen LogP contribution in [0.5, 0.6) is 0 Å². The fraction of sp³-hybridized carbons (Fsp3) is 0.562. The Balaban J connectivity index is 0.00000200. The molecule has 2 N–H and O–H groups in total. The van der Waals surface area contributed by atoms with Crippen molar-refractivity contribution in [1.82, 2.24) is 4.90 Å². The van der Waals surface area contributed by atoms with E-state index in [9.17, 15) is 4.79 Å². The van der Waals surface area contributed by atoms with Crippen LogP contribution in [0.15, 0.2) is 18.2 Å². The Morgan fingerprint density at radius 2 is 1.95 bits per heavy atom. The van der Waals surface area contributed by atoms with Gasteiger partial charge in [0.15, 0.2) is 0 Å². The molecule has 0 radical (unpaired) electrons. The molecule has 112 valence electrons. The van der Waals surface area contributed by atoms with Gasteiger partial charge in [0, 0.05) is 24.3 Å². The summed E-state index contributed by atoms with van der Waals surface area (Å²) in [6.07, 6.45) is 3.34. The maximum Gasteiger partial charge on any atom is 0.254 e. The summed E-state index contributed by atoms with van der Waals surface area (Å²) in [4.78, 5) is 14.6. The second-order valence-corrected chi connectivity index (χ2v) is 6.38. The number of carbonyl (C=O) groups is 1. The number of nitrogens with zero attached hydrogens (tertiary/aromatic N) is 1. The summed E-state index contributed by atoms with van der Waals surface area (Å²) in [6, 6.07) is 5.57. The molecule has 0 bridgehead atoms. The van der Waals surface area contributed by atoms with Crippen molar-refractivity contribution >= 4 is 24.0 Å². The Morgan fingerprint density at radius 3 is 2.65 bits per heavy atom. The summed E-state index contributed by atoms with van der Waals surface area (Å²) in [7, 11) is 0. The van der Waals surface area contributed by atoms with Crippen molar-refractivity contribution in [3.63, 3.8) is 0 Å². The zero-order valence-electron chi connectivity index (χ0n) is 12.6. The molecule has 0 aromatic heterocycles. The van der Waals surface area contributed by atoms with Gasteiger partial charge in [-0.1, -0.05) is 19.9 Å². The molecule has 1 fully saturated rings. The Kier molecular flexibility index (Phi) is 5.46. The number of hydrogen-bond acceptors (Lipinski definition) is 2. The van der Waals surface area contributed by atoms with Gasteiger partial charge < -0.3 is 10.6 Å². The third kappa shape index (κ3) is 3.89. The molecule has 1 heterocycles. The Morgan fingerprint density at radius 1 is 1.25 bits per heavy atom. The van der Waals surface area contributed by atoms with Gasteiger partial charge in [-0.2, -0.15) is 0 Å². The lowest BCUT2D eigenvalue weighted by molar-refractivity contribution is 0.0756. The molecule has 2 rings (SSSR count). The zero-order chi connectivity index (χ0) is 14.0. The van der Waals surface area contributed by atoms with Gasteiger partial charge in [-0.05, 0) is 49.3 Å². The largest absolute Gasteiger partial charge is 0.399 e. The van der Waals surface area contributed by atoms with Crippen LogP contribution in [-0.2, 0) is 0 Å². The van der Waals surface area contributed by atoms with E-state index >= 15 is 0 Å². The molecule has 1 aliphatic heterocycles. The predicted octanol–water partition coefficient (Wildman–Crippen LogP) is 3.65. The van der Waals surface area contributed by atoms with Crippen molar-refractivity contribution in [2.45, 2.75) is 40.0 Å². The number of likely N-dealkylation sites (tertiary alicyclic amines) is 1. The first-order valence-electron chi connectivity index (χ1n) is 7.04. The molecule has 0 spiro atoms. The van der Waals surface area contributed by atoms with E-state index in [-0.39, 0.29) is 18.3 Å². The fourth-order valence-corrected chi connectivity index (χ4v) is 2.67. The second-order valence-electron chi connectivity index (χ2n) is 6.38. The number of nitrogen functional groups attached to an aromatic ring is 1. The van der Waals surface area contributed by atoms with Crippen LogP contribution >= 0.6 is 12.4 Å². The number of rotatable bonds is 1. The first kappa shape index (κ1) is 16.8. The Bertz CT molecular complexity index is 485. The molecule has 1 aromatic carbocycles. The molecular weight excluding hydrogens is 272 g/mol. The SMILES string of the molecule is Cc1ccc(N)cc1C(=O)N1CCCC(C)(C)CC1.Cl. The summed E-state index contributed by atoms with van der Waals surface area (Å²) in [5.41, 5.74) is 8.55. The molecule has 1 aliphatic rings. The number of hydrogen-bond donors (Lipinski definition) is 1. The molecule has 0 unspecified atom stereocenters. The van der Waals surface area contributed by atoms with Crippen molar-refractivity contribution in [3.05, 3.63) is 29.3 Å². The summed E-state index contributed by atoms with van der Waals surface area (Å²) in [6.45, 7) is 8.24. The molecule has 4 heteroatoms. The highest BCUT2D eigenvalue weighted by molar-refractivity contribution is 5.96. The molecule has 0 atom stereocenters. The van der Waals surface area contributed by atoms with Crippen LogP contribution in [0.1, 0.15) is 49.0 Å². The summed E-state index contributed by atoms with van der Waals surface area (Å²) in [5, 5.41) is 0. The van der Waals surface area contributed by atoms with Gasteiger partial charge in [0.1, 0.15) is 0 Å². The van der Waals surface area contributed by atoms with Crippen LogP contribution < -0.4 is 5.73 Å². The fourth-order valence-electron chi connectivity index (χ4n) is 2.67. The van der Waals surface area contributed by atoms with Gasteiger partial charge >= 0.3 is 0 Å². The van der Waals surface area contributed by atoms with E-state index in [2.05, 4.69) is 13.8 Å². The van der Waals surface area contributed by atoms with Gasteiger partial charge in [0.25, 0.3) is 5.91 Å². The lowest BCUT2D eigenvalue weighted by atomic mass is 9.85. The first-order valence-corrected chi connectivity index (χ1v) is 7.04. The lowest BCUT2D eigenvalue weighted by Crippen LogP contribution is -2.32. The number of nitrogens with two attached hydrogens (primary N) is 1. The highest BCUT2D eigenvalue weighted by atomic mass is 35.5. The summed E-state index contributed by atoms with van der Waals surface area (Å²) >= 11 is 0. The maximum absolute atomic E-state index is 12.6. The van der Waals surface area contributed by atoms with E-state index in [1.54, 1.807) is 6.07 Å². The van der Waals surface area contributed by atoms with E-state index in [4.69, 9.17) is 5.73 Å². The van der Waals surface area contributed by atoms with Crippen LogP contribution in [0.3, 0.4) is 0 Å². The number of halogens is 1. The minimum atomic E-state index is 0. The van der Waals surface area contributed by atoms with Gasteiger partial charge in [-0.15, -0.1) is 12.4 Å². The first-order chi connectivity index (χ1) is 8.89. The van der Waals surface area contributed by atoms with E-state index < -0.39 is 0 Å². The number of anilines is 1. The molecule has 0 saturated carbocycles. The summed E-state index contributed by atoms with van der Waals surface area (Å²) in [5.74, 6) is 0.127. The number of aryl methyl sites for hydroxylation is 1. The van der Waals surface area contributed by atoms with E-state index in [0.717, 1.165) is 37.1 Å². The van der Waals surface area contributed by atoms with Gasteiger partial charge in [0.05, 0.1) is 0 Å². The molecule has 1 saturated heterocycles. The van der Waals surface area contributed by atoms with E-state index in [1.165, 1.54) is 6.42 Å². The Labute approximate surface area is 127 Å². The maximum atomic E-state index is 12.6. The highest BCUT2D eigenvalue weighted by Gasteiger charge is 2.26. The van der Waals surface area contributed by atoms with Crippen LogP contribution in [0.2, 0.25) is 0 Å². The molecule has 0 aliphatic carbocycles. The minimum Gasteiger partial charge on any atom is -0.399 e. The van der Waals surface area contributed by atoms with Crippen molar-refractivity contribution in [1.29, 1.82) is 0 Å². The van der Waals surface area contributed by atoms with Crippen molar-refractivity contribution in [2.75, 3.05) is 18.8 Å². The predicted molar refractivity (Wildman–Crippen MR) is 86.4 cm³/mol. The molecule has 3 nitrogen and oxygen atoms in total. The highest BCUT2D eigenvalue weighted by Crippen LogP contribution is 2.30. The minimum absolute atomic E-state index is 0. The average Bonchev–Trinajstić information content (AvgIpc) is 2.52.